The number of esters is 1. The number of aromatic nitrogens is 3. The second-order valence-corrected chi connectivity index (χ2v) is 20.0. The molecule has 4 aromatic rings. The molecule has 2 saturated heterocycles. The number of pyridine rings is 1. The molecule has 7 rings (SSSR count). The molecule has 0 radical (unpaired) electrons. The molecular weight excluding hydrogens is 843 g/mol. The van der Waals surface area contributed by atoms with Gasteiger partial charge in [-0.1, -0.05) is 40.3 Å². The molecule has 3 aliphatic heterocycles. The number of carbonyl (C=O) groups excluding carboxylic acids is 4. The van der Waals surface area contributed by atoms with Crippen LogP contribution in [0.2, 0.25) is 0 Å². The van der Waals surface area contributed by atoms with E-state index in [0.29, 0.717) is 57.1 Å². The Morgan fingerprint density at radius 1 is 1.15 bits per heavy atom. The number of methoxy groups -OCH3 is 1. The van der Waals surface area contributed by atoms with E-state index in [1.807, 2.05) is 51.2 Å². The average molecular weight is 910 g/mol. The maximum atomic E-state index is 14.6. The van der Waals surface area contributed by atoms with Gasteiger partial charge in [-0.2, -0.15) is 0 Å². The summed E-state index contributed by atoms with van der Waals surface area (Å²) >= 11 is 1.46. The first kappa shape index (κ1) is 47.9. The summed E-state index contributed by atoms with van der Waals surface area (Å²) in [7, 11) is 5.62. The molecule has 0 saturated carbocycles. The van der Waals surface area contributed by atoms with E-state index >= 15 is 0 Å². The van der Waals surface area contributed by atoms with E-state index in [1.54, 1.807) is 18.2 Å². The number of likely N-dealkylation sites (N-methyl/N-ethyl adjacent to an activating group) is 2. The van der Waals surface area contributed by atoms with Crippen LogP contribution in [0, 0.1) is 11.3 Å². The monoisotopic (exact) mass is 909 g/mol. The summed E-state index contributed by atoms with van der Waals surface area (Å²) in [5.74, 6) is -1.21. The Hall–Kier alpha value is -5.00. The molecule has 6 bridgehead atoms. The van der Waals surface area contributed by atoms with Crippen molar-refractivity contribution in [1.82, 2.24) is 45.0 Å². The largest absolute Gasteiger partial charge is 0.464 e. The first-order valence-electron chi connectivity index (χ1n) is 23.0. The van der Waals surface area contributed by atoms with Crippen molar-refractivity contribution >= 4 is 45.9 Å². The Kier molecular flexibility index (Phi) is 14.9. The van der Waals surface area contributed by atoms with Gasteiger partial charge in [-0.15, -0.1) is 11.3 Å². The highest BCUT2D eigenvalue weighted by Crippen LogP contribution is 2.42. The van der Waals surface area contributed by atoms with E-state index in [2.05, 4.69) is 71.8 Å². The van der Waals surface area contributed by atoms with Gasteiger partial charge in [0, 0.05) is 84.8 Å². The molecule has 6 heterocycles. The molecule has 3 aliphatic rings. The molecule has 0 aliphatic carbocycles. The average Bonchev–Trinajstić information content (AvgIpc) is 4.05. The summed E-state index contributed by atoms with van der Waals surface area (Å²) in [5, 5.41) is 8.42. The van der Waals surface area contributed by atoms with Crippen LogP contribution in [0.15, 0.2) is 54.6 Å². The lowest BCUT2D eigenvalue weighted by Crippen LogP contribution is -2.62. The predicted molar refractivity (Wildman–Crippen MR) is 254 cm³/mol. The van der Waals surface area contributed by atoms with E-state index < -0.39 is 29.5 Å². The molecule has 0 spiro atoms. The molecule has 15 nitrogen and oxygen atoms in total. The molecule has 5 atom stereocenters. The zero-order valence-corrected chi connectivity index (χ0v) is 40.4. The number of aryl methyl sites for hydroxylation is 1. The third kappa shape index (κ3) is 10.4. The standard InChI is InChI=1S/C49H67N9O6S/c1-11-42(59)56-22-19-33(26-56)54(8)29-55(9)44(30(3)4)46(60)52-38-24-41-51-39(27-65-41)32-17-18-40-35(23-32)36(45(57(40)12-2)34-15-13-20-50-43(34)31(5)63-10)25-49(6,7)28-64-48(62)37-16-14-21-58(53-37)47(38)61/h11,13,15,17-18,20,23,27,30-31,33,37-38,44,53H,1,12,14,16,19,21-22,24-26,28-29H2,2-10H3,(H,52,60)/t31-,33+,37-,38-,44-/m0/s1. The topological polar surface area (TPSA) is 154 Å². The Morgan fingerprint density at radius 3 is 2.66 bits per heavy atom. The Morgan fingerprint density at radius 2 is 1.94 bits per heavy atom. The number of hydrazine groups is 1. The molecule has 1 aromatic carbocycles. The molecule has 350 valence electrons. The van der Waals surface area contributed by atoms with Crippen LogP contribution >= 0.6 is 11.3 Å². The van der Waals surface area contributed by atoms with Gasteiger partial charge in [0.15, 0.2) is 0 Å². The molecule has 2 fully saturated rings. The van der Waals surface area contributed by atoms with Crippen LogP contribution < -0.4 is 10.7 Å². The van der Waals surface area contributed by atoms with E-state index in [1.165, 1.54) is 22.4 Å². The van der Waals surface area contributed by atoms with Crippen LogP contribution in [0.1, 0.15) is 83.2 Å². The number of thiazole rings is 1. The fourth-order valence-electron chi connectivity index (χ4n) is 9.82. The first-order chi connectivity index (χ1) is 31.0. The van der Waals surface area contributed by atoms with Gasteiger partial charge in [0.1, 0.15) is 12.1 Å². The number of hydrogen-bond donors (Lipinski definition) is 2. The minimum atomic E-state index is -0.972. The lowest BCUT2D eigenvalue weighted by atomic mass is 9.84. The van der Waals surface area contributed by atoms with Crippen molar-refractivity contribution in [3.8, 4) is 22.5 Å². The normalized spacial score (nSPS) is 21.4. The van der Waals surface area contributed by atoms with E-state index in [4.69, 9.17) is 19.4 Å². The summed E-state index contributed by atoms with van der Waals surface area (Å²) in [4.78, 5) is 71.3. The Balaban J connectivity index is 1.24. The van der Waals surface area contributed by atoms with Crippen LogP contribution in [0.5, 0.6) is 0 Å². The smallest absolute Gasteiger partial charge is 0.324 e. The van der Waals surface area contributed by atoms with Gasteiger partial charge in [-0.25, -0.2) is 10.4 Å². The van der Waals surface area contributed by atoms with Gasteiger partial charge < -0.3 is 24.3 Å². The van der Waals surface area contributed by atoms with Crippen LogP contribution in [0.25, 0.3) is 33.4 Å². The summed E-state index contributed by atoms with van der Waals surface area (Å²) in [6, 6.07) is 8.37. The number of rotatable bonds is 12. The van der Waals surface area contributed by atoms with Crippen molar-refractivity contribution in [3.63, 3.8) is 0 Å². The quantitative estimate of drug-likeness (QED) is 0.100. The zero-order valence-electron chi connectivity index (χ0n) is 39.6. The minimum Gasteiger partial charge on any atom is -0.464 e. The molecule has 2 N–H and O–H groups in total. The number of amides is 3. The van der Waals surface area contributed by atoms with Gasteiger partial charge >= 0.3 is 5.97 Å². The third-order valence-corrected chi connectivity index (χ3v) is 14.1. The highest BCUT2D eigenvalue weighted by Gasteiger charge is 2.38. The summed E-state index contributed by atoms with van der Waals surface area (Å²) in [5.41, 5.74) is 9.51. The van der Waals surface area contributed by atoms with Gasteiger partial charge in [-0.05, 0) is 95.4 Å². The number of likely N-dealkylation sites (tertiary alicyclic amines) is 1. The zero-order chi connectivity index (χ0) is 46.7. The number of fused-ring (bicyclic) bond motifs is 6. The van der Waals surface area contributed by atoms with Crippen molar-refractivity contribution in [3.05, 3.63) is 70.8 Å². The highest BCUT2D eigenvalue weighted by molar-refractivity contribution is 7.10. The summed E-state index contributed by atoms with van der Waals surface area (Å²) in [6.45, 7) is 19.0. The number of nitrogens with one attached hydrogen (secondary N) is 2. The van der Waals surface area contributed by atoms with Gasteiger partial charge in [-0.3, -0.25) is 39.0 Å². The molecule has 65 heavy (non-hydrogen) atoms. The summed E-state index contributed by atoms with van der Waals surface area (Å²) in [6.07, 6.45) is 5.57. The number of carbonyl (C=O) groups is 4. The molecule has 16 heteroatoms. The number of cyclic esters (lactones) is 1. The summed E-state index contributed by atoms with van der Waals surface area (Å²) < 4.78 is 14.3. The molecule has 3 aromatic heterocycles. The first-order valence-corrected chi connectivity index (χ1v) is 23.9. The number of benzene rings is 1. The van der Waals surface area contributed by atoms with Crippen LogP contribution in [0.3, 0.4) is 0 Å². The fraction of sp³-hybridized carbons (Fsp3) is 0.551. The number of ether oxygens (including phenoxy) is 2. The van der Waals surface area contributed by atoms with Crippen LogP contribution in [-0.2, 0) is 48.0 Å². The van der Waals surface area contributed by atoms with Crippen molar-refractivity contribution in [2.24, 2.45) is 11.3 Å². The van der Waals surface area contributed by atoms with E-state index in [0.717, 1.165) is 51.1 Å². The van der Waals surface area contributed by atoms with Gasteiger partial charge in [0.2, 0.25) is 11.8 Å². The second-order valence-electron chi connectivity index (χ2n) is 19.0. The van der Waals surface area contributed by atoms with Gasteiger partial charge in [0.05, 0.1) is 47.5 Å². The van der Waals surface area contributed by atoms with Crippen molar-refractivity contribution in [2.45, 2.75) is 110 Å². The molecular formula is C49H67N9O6S. The Bertz CT molecular complexity index is 2390. The highest BCUT2D eigenvalue weighted by atomic mass is 32.1. The predicted octanol–water partition coefficient (Wildman–Crippen LogP) is 5.84. The van der Waals surface area contributed by atoms with Crippen LogP contribution in [-0.4, -0.2) is 136 Å². The second kappa shape index (κ2) is 20.3. The van der Waals surface area contributed by atoms with E-state index in [-0.39, 0.29) is 48.8 Å². The van der Waals surface area contributed by atoms with Gasteiger partial charge in [0.25, 0.3) is 5.91 Å². The molecule has 0 unspecified atom stereocenters. The third-order valence-electron chi connectivity index (χ3n) is 13.2. The lowest BCUT2D eigenvalue weighted by molar-refractivity contribution is -0.155. The number of hydrogen-bond acceptors (Lipinski definition) is 12. The van der Waals surface area contributed by atoms with Crippen molar-refractivity contribution in [1.29, 1.82) is 0 Å². The SMILES string of the molecule is C=CC(=O)N1CC[C@@H](N(C)CN(C)[C@H](C(=O)N[C@H]2Cc3nc(cs3)-c3ccc4c(c3)c(c(-c3cccnc3[C@H](C)OC)n4CC)CC(C)(C)COC(=O)[C@@H]3CCCN(N3)C2=O)C(C)C)C1. The fourth-order valence-corrected chi connectivity index (χ4v) is 10.7. The maximum absolute atomic E-state index is 14.6. The van der Waals surface area contributed by atoms with E-state index in [9.17, 15) is 19.2 Å². The van der Waals surface area contributed by atoms with Crippen molar-refractivity contribution < 1.29 is 28.7 Å². The minimum absolute atomic E-state index is 0.0784. The van der Waals surface area contributed by atoms with Crippen LogP contribution in [0.4, 0.5) is 0 Å². The molecule has 3 amide bonds. The Labute approximate surface area is 387 Å². The van der Waals surface area contributed by atoms with Crippen molar-refractivity contribution in [2.75, 3.05) is 54.1 Å². The maximum Gasteiger partial charge on any atom is 0.324 e. The lowest BCUT2D eigenvalue weighted by Gasteiger charge is -2.37. The number of nitrogens with zero attached hydrogens (tertiary/aromatic N) is 7.